The third-order valence-electron chi connectivity index (χ3n) is 5.75. The zero-order chi connectivity index (χ0) is 21.6. The first kappa shape index (κ1) is 28.4. The Morgan fingerprint density at radius 3 is 1.62 bits per heavy atom. The van der Waals surface area contributed by atoms with Gasteiger partial charge in [0, 0.05) is 27.2 Å². The van der Waals surface area contributed by atoms with Crippen LogP contribution in [0.1, 0.15) is 110 Å². The van der Waals surface area contributed by atoms with E-state index in [0.717, 1.165) is 32.3 Å². The SMILES string of the molecule is CCC=COCCCCCCCCC(CCCCCCCC)C(OC)(OC)OC. The molecule has 0 spiro atoms. The van der Waals surface area contributed by atoms with Crippen molar-refractivity contribution in [1.82, 2.24) is 0 Å². The minimum Gasteiger partial charge on any atom is -0.502 e. The number of methoxy groups -OCH3 is 3. The molecule has 0 saturated carbocycles. The average Bonchev–Trinajstić information content (AvgIpc) is 2.75. The molecule has 0 N–H and O–H groups in total. The molecule has 0 radical (unpaired) electrons. The van der Waals surface area contributed by atoms with E-state index in [1.165, 1.54) is 70.6 Å². The lowest BCUT2D eigenvalue weighted by molar-refractivity contribution is -0.380. The van der Waals surface area contributed by atoms with Crippen molar-refractivity contribution < 1.29 is 18.9 Å². The Labute approximate surface area is 181 Å². The molecular formula is C25H50O4. The van der Waals surface area contributed by atoms with Gasteiger partial charge in [0.05, 0.1) is 12.9 Å². The fourth-order valence-corrected chi connectivity index (χ4v) is 3.93. The summed E-state index contributed by atoms with van der Waals surface area (Å²) in [6, 6.07) is 0. The highest BCUT2D eigenvalue weighted by molar-refractivity contribution is 4.72. The third kappa shape index (κ3) is 14.1. The highest BCUT2D eigenvalue weighted by Gasteiger charge is 2.39. The van der Waals surface area contributed by atoms with Crippen LogP contribution >= 0.6 is 0 Å². The van der Waals surface area contributed by atoms with E-state index >= 15 is 0 Å². The van der Waals surface area contributed by atoms with E-state index < -0.39 is 5.97 Å². The molecule has 0 saturated heterocycles. The summed E-state index contributed by atoms with van der Waals surface area (Å²) in [6.07, 6.45) is 22.4. The molecule has 0 aliphatic carbocycles. The van der Waals surface area contributed by atoms with Crippen molar-refractivity contribution >= 4 is 0 Å². The van der Waals surface area contributed by atoms with E-state index in [2.05, 4.69) is 19.9 Å². The van der Waals surface area contributed by atoms with Crippen molar-refractivity contribution in [2.24, 2.45) is 5.92 Å². The van der Waals surface area contributed by atoms with Gasteiger partial charge >= 0.3 is 0 Å². The molecule has 174 valence electrons. The molecule has 0 bridgehead atoms. The van der Waals surface area contributed by atoms with Gasteiger partial charge in [-0.25, -0.2) is 0 Å². The Kier molecular flexibility index (Phi) is 20.3. The smallest absolute Gasteiger partial charge is 0.285 e. The van der Waals surface area contributed by atoms with Crippen LogP contribution in [0.3, 0.4) is 0 Å². The lowest BCUT2D eigenvalue weighted by Gasteiger charge is -2.36. The number of rotatable bonds is 22. The molecular weight excluding hydrogens is 364 g/mol. The van der Waals surface area contributed by atoms with Gasteiger partial charge in [-0.1, -0.05) is 90.6 Å². The zero-order valence-electron chi connectivity index (χ0n) is 20.2. The quantitative estimate of drug-likeness (QED) is 0.104. The van der Waals surface area contributed by atoms with E-state index in [0.29, 0.717) is 0 Å². The van der Waals surface area contributed by atoms with Gasteiger partial charge in [0.25, 0.3) is 5.97 Å². The van der Waals surface area contributed by atoms with E-state index in [1.54, 1.807) is 21.3 Å². The number of allylic oxidation sites excluding steroid dienone is 1. The summed E-state index contributed by atoms with van der Waals surface area (Å²) in [5.74, 6) is -0.611. The van der Waals surface area contributed by atoms with Crippen molar-refractivity contribution in [1.29, 1.82) is 0 Å². The highest BCUT2D eigenvalue weighted by atomic mass is 16.9. The van der Waals surface area contributed by atoms with Gasteiger partial charge in [0.2, 0.25) is 0 Å². The second-order valence-corrected chi connectivity index (χ2v) is 8.03. The Hall–Kier alpha value is -0.580. The molecule has 4 heteroatoms. The van der Waals surface area contributed by atoms with Crippen LogP contribution in [-0.4, -0.2) is 33.9 Å². The lowest BCUT2D eigenvalue weighted by atomic mass is 9.91. The van der Waals surface area contributed by atoms with Crippen LogP contribution in [0.25, 0.3) is 0 Å². The minimum absolute atomic E-state index is 0.285. The average molecular weight is 415 g/mol. The first-order chi connectivity index (χ1) is 14.2. The molecule has 0 aliphatic rings. The van der Waals surface area contributed by atoms with Gasteiger partial charge in [-0.05, 0) is 25.7 Å². The van der Waals surface area contributed by atoms with Crippen molar-refractivity contribution in [3.63, 3.8) is 0 Å². The maximum absolute atomic E-state index is 5.68. The maximum Gasteiger partial charge on any atom is 0.285 e. The summed E-state index contributed by atoms with van der Waals surface area (Å²) in [4.78, 5) is 0. The molecule has 1 atom stereocenters. The molecule has 29 heavy (non-hydrogen) atoms. The standard InChI is InChI=1S/C25H50O4/c1-6-8-10-11-14-17-20-24(25(26-3,27-4)28-5)21-18-15-12-13-16-19-23-29-22-9-7-2/h9,22,24H,6-8,10-21,23H2,1-5H3. The fourth-order valence-electron chi connectivity index (χ4n) is 3.93. The van der Waals surface area contributed by atoms with Crippen molar-refractivity contribution in [3.05, 3.63) is 12.3 Å². The largest absolute Gasteiger partial charge is 0.502 e. The van der Waals surface area contributed by atoms with Gasteiger partial charge in [0.1, 0.15) is 0 Å². The van der Waals surface area contributed by atoms with Crippen LogP contribution in [0.2, 0.25) is 0 Å². The van der Waals surface area contributed by atoms with Crippen molar-refractivity contribution in [2.45, 2.75) is 116 Å². The lowest BCUT2D eigenvalue weighted by Crippen LogP contribution is -2.44. The molecule has 0 aromatic heterocycles. The molecule has 4 nitrogen and oxygen atoms in total. The second kappa shape index (κ2) is 20.7. The third-order valence-corrected chi connectivity index (χ3v) is 5.75. The van der Waals surface area contributed by atoms with Crippen LogP contribution in [-0.2, 0) is 18.9 Å². The Bertz CT molecular complexity index is 344. The summed E-state index contributed by atoms with van der Waals surface area (Å²) in [5.41, 5.74) is 0. The van der Waals surface area contributed by atoms with Gasteiger partial charge < -0.3 is 18.9 Å². The number of ether oxygens (including phenoxy) is 4. The number of unbranched alkanes of at least 4 members (excludes halogenated alkanes) is 10. The fraction of sp³-hybridized carbons (Fsp3) is 0.920. The Morgan fingerprint density at radius 1 is 0.655 bits per heavy atom. The van der Waals surface area contributed by atoms with Gasteiger partial charge in [-0.3, -0.25) is 0 Å². The zero-order valence-corrected chi connectivity index (χ0v) is 20.2. The monoisotopic (exact) mass is 414 g/mol. The van der Waals surface area contributed by atoms with E-state index in [-0.39, 0.29) is 5.92 Å². The molecule has 0 heterocycles. The highest BCUT2D eigenvalue weighted by Crippen LogP contribution is 2.33. The van der Waals surface area contributed by atoms with Gasteiger partial charge in [0.15, 0.2) is 0 Å². The van der Waals surface area contributed by atoms with Crippen LogP contribution in [0.5, 0.6) is 0 Å². The van der Waals surface area contributed by atoms with Gasteiger partial charge in [-0.15, -0.1) is 0 Å². The topological polar surface area (TPSA) is 36.9 Å². The van der Waals surface area contributed by atoms with Crippen LogP contribution in [0.4, 0.5) is 0 Å². The number of hydrogen-bond donors (Lipinski definition) is 0. The second-order valence-electron chi connectivity index (χ2n) is 8.03. The van der Waals surface area contributed by atoms with E-state index in [1.807, 2.05) is 6.26 Å². The molecule has 0 fully saturated rings. The first-order valence-corrected chi connectivity index (χ1v) is 12.1. The molecule has 0 aromatic rings. The molecule has 0 aliphatic heterocycles. The number of hydrogen-bond acceptors (Lipinski definition) is 4. The minimum atomic E-state index is -0.896. The van der Waals surface area contributed by atoms with Crippen LogP contribution in [0.15, 0.2) is 12.3 Å². The van der Waals surface area contributed by atoms with Crippen molar-refractivity contribution in [3.8, 4) is 0 Å². The first-order valence-electron chi connectivity index (χ1n) is 12.1. The summed E-state index contributed by atoms with van der Waals surface area (Å²) in [6.45, 7) is 5.22. The van der Waals surface area contributed by atoms with Crippen molar-refractivity contribution in [2.75, 3.05) is 27.9 Å². The molecule has 0 amide bonds. The maximum atomic E-state index is 5.68. The van der Waals surface area contributed by atoms with Crippen LogP contribution < -0.4 is 0 Å². The molecule has 0 rings (SSSR count). The van der Waals surface area contributed by atoms with Gasteiger partial charge in [-0.2, -0.15) is 0 Å². The van der Waals surface area contributed by atoms with E-state index in [4.69, 9.17) is 18.9 Å². The summed E-state index contributed by atoms with van der Waals surface area (Å²) >= 11 is 0. The normalized spacial score (nSPS) is 13.3. The summed E-state index contributed by atoms with van der Waals surface area (Å²) in [7, 11) is 5.08. The predicted molar refractivity (Wildman–Crippen MR) is 123 cm³/mol. The summed E-state index contributed by atoms with van der Waals surface area (Å²) < 4.78 is 22.5. The molecule has 1 unspecified atom stereocenters. The van der Waals surface area contributed by atoms with Crippen LogP contribution in [0, 0.1) is 5.92 Å². The Balaban J connectivity index is 4.09. The summed E-state index contributed by atoms with van der Waals surface area (Å²) in [5, 5.41) is 0. The van der Waals surface area contributed by atoms with E-state index in [9.17, 15) is 0 Å². The Morgan fingerprint density at radius 2 is 1.14 bits per heavy atom. The predicted octanol–water partition coefficient (Wildman–Crippen LogP) is 7.62. The molecule has 0 aromatic carbocycles.